The van der Waals surface area contributed by atoms with E-state index in [1.165, 1.54) is 31.2 Å². The highest BCUT2D eigenvalue weighted by Gasteiger charge is 2.13. The average molecular weight is 247 g/mol. The standard InChI is InChI=1S/C15H25N3/c1-15(2,3)18-12-14(11-17-18)10-16-9-8-13-6-4-5-7-13/h6,11-12,16H,4-5,7-10H2,1-3H3. The second-order valence-electron chi connectivity index (χ2n) is 6.15. The summed E-state index contributed by atoms with van der Waals surface area (Å²) in [4.78, 5) is 0. The maximum absolute atomic E-state index is 4.41. The minimum atomic E-state index is 0.0763. The lowest BCUT2D eigenvalue weighted by Gasteiger charge is -2.18. The third kappa shape index (κ3) is 3.70. The minimum absolute atomic E-state index is 0.0763. The summed E-state index contributed by atoms with van der Waals surface area (Å²) in [5, 5.41) is 7.91. The van der Waals surface area contributed by atoms with Gasteiger partial charge >= 0.3 is 0 Å². The normalized spacial score (nSPS) is 16.1. The Morgan fingerprint density at radius 3 is 2.83 bits per heavy atom. The van der Waals surface area contributed by atoms with Crippen molar-refractivity contribution in [3.63, 3.8) is 0 Å². The Kier molecular flexibility index (Phi) is 4.23. The molecule has 0 unspecified atom stereocenters. The van der Waals surface area contributed by atoms with Crippen LogP contribution in [0, 0.1) is 0 Å². The molecule has 0 atom stereocenters. The molecular weight excluding hydrogens is 222 g/mol. The van der Waals surface area contributed by atoms with Crippen molar-refractivity contribution in [1.82, 2.24) is 15.1 Å². The van der Waals surface area contributed by atoms with Gasteiger partial charge in [0, 0.05) is 18.3 Å². The van der Waals surface area contributed by atoms with Crippen LogP contribution >= 0.6 is 0 Å². The van der Waals surface area contributed by atoms with Gasteiger partial charge in [0.1, 0.15) is 0 Å². The Labute approximate surface area is 110 Å². The molecule has 0 spiro atoms. The highest BCUT2D eigenvalue weighted by molar-refractivity contribution is 5.08. The molecule has 2 rings (SSSR count). The van der Waals surface area contributed by atoms with Gasteiger partial charge in [-0.25, -0.2) is 0 Å². The van der Waals surface area contributed by atoms with E-state index in [0.29, 0.717) is 0 Å². The van der Waals surface area contributed by atoms with Crippen LogP contribution in [0.4, 0.5) is 0 Å². The molecule has 0 amide bonds. The molecule has 1 N–H and O–H groups in total. The SMILES string of the molecule is CC(C)(C)n1cc(CNCCC2=CCCC2)cn1. The van der Waals surface area contributed by atoms with E-state index in [0.717, 1.165) is 13.1 Å². The van der Waals surface area contributed by atoms with Crippen LogP contribution in [0.2, 0.25) is 0 Å². The molecule has 1 aromatic rings. The zero-order valence-electron chi connectivity index (χ0n) is 11.9. The molecule has 0 radical (unpaired) electrons. The number of nitrogens with zero attached hydrogens (tertiary/aromatic N) is 2. The van der Waals surface area contributed by atoms with Gasteiger partial charge in [0.05, 0.1) is 11.7 Å². The van der Waals surface area contributed by atoms with Gasteiger partial charge in [0.15, 0.2) is 0 Å². The predicted octanol–water partition coefficient (Wildman–Crippen LogP) is 3.23. The zero-order valence-corrected chi connectivity index (χ0v) is 11.9. The van der Waals surface area contributed by atoms with Crippen LogP contribution in [0.25, 0.3) is 0 Å². The van der Waals surface area contributed by atoms with E-state index >= 15 is 0 Å². The molecular formula is C15H25N3. The van der Waals surface area contributed by atoms with Crippen molar-refractivity contribution in [2.45, 2.75) is 58.5 Å². The van der Waals surface area contributed by atoms with Crippen LogP contribution in [-0.2, 0) is 12.1 Å². The number of aromatic nitrogens is 2. The van der Waals surface area contributed by atoms with Gasteiger partial charge in [-0.05, 0) is 53.0 Å². The summed E-state index contributed by atoms with van der Waals surface area (Å²) in [6, 6.07) is 0. The maximum Gasteiger partial charge on any atom is 0.0543 e. The summed E-state index contributed by atoms with van der Waals surface area (Å²) in [6.07, 6.45) is 11.7. The Morgan fingerprint density at radius 2 is 2.22 bits per heavy atom. The van der Waals surface area contributed by atoms with Gasteiger partial charge in [0.2, 0.25) is 0 Å². The molecule has 18 heavy (non-hydrogen) atoms. The quantitative estimate of drug-likeness (QED) is 0.639. The fraction of sp³-hybridized carbons (Fsp3) is 0.667. The third-order valence-corrected chi connectivity index (χ3v) is 3.41. The summed E-state index contributed by atoms with van der Waals surface area (Å²) >= 11 is 0. The number of hydrogen-bond acceptors (Lipinski definition) is 2. The molecule has 1 heterocycles. The van der Waals surface area contributed by atoms with E-state index in [9.17, 15) is 0 Å². The van der Waals surface area contributed by atoms with Crippen molar-refractivity contribution in [1.29, 1.82) is 0 Å². The fourth-order valence-corrected chi connectivity index (χ4v) is 2.26. The second kappa shape index (κ2) is 5.70. The van der Waals surface area contributed by atoms with Gasteiger partial charge in [0.25, 0.3) is 0 Å². The summed E-state index contributed by atoms with van der Waals surface area (Å²) in [5.41, 5.74) is 2.98. The van der Waals surface area contributed by atoms with Crippen LogP contribution in [0.1, 0.15) is 52.0 Å². The van der Waals surface area contributed by atoms with Crippen molar-refractivity contribution in [2.75, 3.05) is 6.54 Å². The van der Waals surface area contributed by atoms with Crippen molar-refractivity contribution in [2.24, 2.45) is 0 Å². The van der Waals surface area contributed by atoms with E-state index in [2.05, 4.69) is 43.5 Å². The molecule has 0 bridgehead atoms. The summed E-state index contributed by atoms with van der Waals surface area (Å²) in [7, 11) is 0. The Morgan fingerprint density at radius 1 is 1.39 bits per heavy atom. The van der Waals surface area contributed by atoms with E-state index in [4.69, 9.17) is 0 Å². The number of hydrogen-bond donors (Lipinski definition) is 1. The number of rotatable bonds is 5. The molecule has 3 nitrogen and oxygen atoms in total. The van der Waals surface area contributed by atoms with E-state index in [1.54, 1.807) is 5.57 Å². The van der Waals surface area contributed by atoms with E-state index in [1.807, 2.05) is 10.9 Å². The first kappa shape index (κ1) is 13.3. The largest absolute Gasteiger partial charge is 0.312 e. The highest BCUT2D eigenvalue weighted by atomic mass is 15.3. The monoisotopic (exact) mass is 247 g/mol. The van der Waals surface area contributed by atoms with Crippen LogP contribution in [0.5, 0.6) is 0 Å². The van der Waals surface area contributed by atoms with Gasteiger partial charge in [-0.15, -0.1) is 0 Å². The molecule has 0 saturated heterocycles. The van der Waals surface area contributed by atoms with Gasteiger partial charge in [-0.2, -0.15) is 5.10 Å². The Balaban J connectivity index is 1.71. The van der Waals surface area contributed by atoms with Gasteiger partial charge < -0.3 is 5.32 Å². The summed E-state index contributed by atoms with van der Waals surface area (Å²) in [6.45, 7) is 8.51. The van der Waals surface area contributed by atoms with Crippen LogP contribution < -0.4 is 5.32 Å². The van der Waals surface area contributed by atoms with Crippen LogP contribution in [0.15, 0.2) is 24.0 Å². The Bertz CT molecular complexity index is 410. The van der Waals surface area contributed by atoms with Crippen LogP contribution in [0.3, 0.4) is 0 Å². The topological polar surface area (TPSA) is 29.9 Å². The third-order valence-electron chi connectivity index (χ3n) is 3.41. The maximum atomic E-state index is 4.41. The van der Waals surface area contributed by atoms with E-state index in [-0.39, 0.29) is 5.54 Å². The van der Waals surface area contributed by atoms with Gasteiger partial charge in [-0.1, -0.05) is 11.6 Å². The van der Waals surface area contributed by atoms with Gasteiger partial charge in [-0.3, -0.25) is 4.68 Å². The molecule has 1 aliphatic carbocycles. The zero-order chi connectivity index (χ0) is 13.0. The fourth-order valence-electron chi connectivity index (χ4n) is 2.26. The average Bonchev–Trinajstić information content (AvgIpc) is 2.95. The minimum Gasteiger partial charge on any atom is -0.312 e. The molecule has 0 aliphatic heterocycles. The van der Waals surface area contributed by atoms with Crippen molar-refractivity contribution < 1.29 is 0 Å². The molecule has 3 heteroatoms. The molecule has 100 valence electrons. The lowest BCUT2D eigenvalue weighted by Crippen LogP contribution is -2.22. The molecule has 1 aromatic heterocycles. The first-order valence-electron chi connectivity index (χ1n) is 6.98. The lowest BCUT2D eigenvalue weighted by atomic mass is 10.1. The molecule has 0 saturated carbocycles. The van der Waals surface area contributed by atoms with Crippen molar-refractivity contribution in [3.8, 4) is 0 Å². The highest BCUT2D eigenvalue weighted by Crippen LogP contribution is 2.19. The molecule has 0 fully saturated rings. The number of allylic oxidation sites excluding steroid dienone is 1. The lowest BCUT2D eigenvalue weighted by molar-refractivity contribution is 0.355. The first-order chi connectivity index (χ1) is 8.55. The smallest absolute Gasteiger partial charge is 0.0543 e. The first-order valence-corrected chi connectivity index (χ1v) is 6.98. The summed E-state index contributed by atoms with van der Waals surface area (Å²) in [5.74, 6) is 0. The Hall–Kier alpha value is -1.09. The van der Waals surface area contributed by atoms with Crippen molar-refractivity contribution >= 4 is 0 Å². The number of nitrogens with one attached hydrogen (secondary N) is 1. The second-order valence-corrected chi connectivity index (χ2v) is 6.15. The van der Waals surface area contributed by atoms with Crippen LogP contribution in [-0.4, -0.2) is 16.3 Å². The van der Waals surface area contributed by atoms with E-state index < -0.39 is 0 Å². The van der Waals surface area contributed by atoms with Crippen molar-refractivity contribution in [3.05, 3.63) is 29.6 Å². The molecule has 1 aliphatic rings. The predicted molar refractivity (Wildman–Crippen MR) is 75.5 cm³/mol. The summed E-state index contributed by atoms with van der Waals surface area (Å²) < 4.78 is 2.03. The molecule has 0 aromatic carbocycles.